The van der Waals surface area contributed by atoms with Gasteiger partial charge in [-0.25, -0.2) is 9.13 Å². The number of rotatable bonds is 39. The van der Waals surface area contributed by atoms with Crippen molar-refractivity contribution in [3.05, 3.63) is 85.1 Å². The van der Waals surface area contributed by atoms with Gasteiger partial charge in [-0.1, -0.05) is 125 Å². The van der Waals surface area contributed by atoms with Gasteiger partial charge in [0.25, 0.3) is 0 Å². The van der Waals surface area contributed by atoms with Crippen LogP contribution in [-0.2, 0) is 41.8 Å². The van der Waals surface area contributed by atoms with Gasteiger partial charge in [-0.3, -0.25) is 23.2 Å². The predicted molar refractivity (Wildman–Crippen MR) is 236 cm³/mol. The Morgan fingerprint density at radius 3 is 1.65 bits per heavy atom. The summed E-state index contributed by atoms with van der Waals surface area (Å²) in [6, 6.07) is 0. The van der Waals surface area contributed by atoms with Crippen LogP contribution in [0.2, 0.25) is 0 Å². The molecular formula is C44H74O14P2. The molecule has 0 amide bonds. The topological polar surface area (TPSA) is 216 Å². The SMILES string of the molecule is CCCCC/C=C\C/C=C\C/C=C\CCCCC(=O)O[C@H](COC(=O)CCC/C=C\C/C=C\C=C\[C@H](O)C/C=C\CCCCC)COP(=O)(O)OC[C@@H](O)COP(=O)(O)O. The third kappa shape index (κ3) is 42.0. The van der Waals surface area contributed by atoms with E-state index in [9.17, 15) is 33.8 Å². The Kier molecular flexibility index (Phi) is 37.3. The lowest BCUT2D eigenvalue weighted by molar-refractivity contribution is -0.161. The van der Waals surface area contributed by atoms with Gasteiger partial charge in [0.2, 0.25) is 0 Å². The van der Waals surface area contributed by atoms with Crippen LogP contribution < -0.4 is 0 Å². The van der Waals surface area contributed by atoms with Crippen LogP contribution in [0, 0.1) is 0 Å². The van der Waals surface area contributed by atoms with E-state index in [2.05, 4.69) is 65.4 Å². The number of phosphoric acid groups is 2. The summed E-state index contributed by atoms with van der Waals surface area (Å²) in [4.78, 5) is 52.6. The summed E-state index contributed by atoms with van der Waals surface area (Å²) in [5.41, 5.74) is 0. The number of phosphoric ester groups is 2. The van der Waals surface area contributed by atoms with E-state index in [4.69, 9.17) is 23.8 Å². The third-order valence-electron chi connectivity index (χ3n) is 8.33. The predicted octanol–water partition coefficient (Wildman–Crippen LogP) is 9.75. The molecule has 0 aliphatic rings. The first-order valence-electron chi connectivity index (χ1n) is 21.4. The molecule has 344 valence electrons. The second-order valence-electron chi connectivity index (χ2n) is 14.1. The molecule has 60 heavy (non-hydrogen) atoms. The van der Waals surface area contributed by atoms with Crippen LogP contribution in [0.1, 0.15) is 136 Å². The lowest BCUT2D eigenvalue weighted by Gasteiger charge is -2.20. The van der Waals surface area contributed by atoms with Gasteiger partial charge < -0.3 is 34.4 Å². The molecule has 0 aliphatic heterocycles. The molecule has 0 aliphatic carbocycles. The fourth-order valence-corrected chi connectivity index (χ4v) is 6.17. The minimum atomic E-state index is -4.88. The van der Waals surface area contributed by atoms with Crippen molar-refractivity contribution in [2.75, 3.05) is 26.4 Å². The van der Waals surface area contributed by atoms with E-state index >= 15 is 0 Å². The van der Waals surface area contributed by atoms with E-state index in [0.717, 1.165) is 38.5 Å². The lowest BCUT2D eigenvalue weighted by atomic mass is 10.1. The van der Waals surface area contributed by atoms with E-state index in [1.54, 1.807) is 6.08 Å². The van der Waals surface area contributed by atoms with Gasteiger partial charge in [-0.2, -0.15) is 0 Å². The summed E-state index contributed by atoms with van der Waals surface area (Å²) < 4.78 is 47.6. The Labute approximate surface area is 359 Å². The molecule has 5 N–H and O–H groups in total. The molecule has 0 saturated heterocycles. The standard InChI is InChI=1S/C44H74O14P2/c1-3-5-7-9-11-12-13-14-15-16-17-18-23-27-31-35-44(48)58-42(39-57-60(52,53)56-37-41(46)36-55-59(49,50)51)38-54-43(47)34-30-26-22-20-19-21-25-29-33-40(45)32-28-24-10-8-6-4-2/h11-12,14-15,17-18,20-22,24-25,28-29,33,40-42,45-46H,3-10,13,16,19,23,26-27,30-32,34-39H2,1-2H3,(H,52,53)(H2,49,50,51)/b12-11-,15-14-,18-17-,22-20-,25-21-,28-24-,33-29+/t40-,41+,42-/m1/s1. The van der Waals surface area contributed by atoms with E-state index in [-0.39, 0.29) is 12.8 Å². The Morgan fingerprint density at radius 1 is 0.550 bits per heavy atom. The van der Waals surface area contributed by atoms with Crippen molar-refractivity contribution in [1.29, 1.82) is 0 Å². The molecule has 0 radical (unpaired) electrons. The molecule has 16 heteroatoms. The van der Waals surface area contributed by atoms with Crippen molar-refractivity contribution < 1.29 is 66.7 Å². The molecule has 0 rings (SSSR count). The molecule has 0 aromatic heterocycles. The maximum Gasteiger partial charge on any atom is 0.472 e. The fourth-order valence-electron chi connectivity index (χ4n) is 5.02. The Hall–Kier alpha value is -2.74. The van der Waals surface area contributed by atoms with Crippen LogP contribution in [-0.4, -0.2) is 81.6 Å². The normalized spacial score (nSPS) is 15.4. The minimum Gasteiger partial charge on any atom is -0.462 e. The lowest BCUT2D eigenvalue weighted by Crippen LogP contribution is -2.29. The molecule has 14 nitrogen and oxygen atoms in total. The summed E-state index contributed by atoms with van der Waals surface area (Å²) >= 11 is 0. The Bertz CT molecular complexity index is 1400. The minimum absolute atomic E-state index is 0.0540. The zero-order valence-electron chi connectivity index (χ0n) is 35.9. The van der Waals surface area contributed by atoms with Crippen molar-refractivity contribution >= 4 is 27.6 Å². The Balaban J connectivity index is 4.76. The molecule has 0 spiro atoms. The Morgan fingerprint density at radius 2 is 1.05 bits per heavy atom. The van der Waals surface area contributed by atoms with E-state index in [0.29, 0.717) is 32.1 Å². The number of aliphatic hydroxyl groups is 2. The summed E-state index contributed by atoms with van der Waals surface area (Å²) in [7, 11) is -9.73. The number of aliphatic hydroxyl groups excluding tert-OH is 2. The number of unbranched alkanes of at least 4 members (excludes halogenated alkanes) is 9. The molecule has 4 atom stereocenters. The number of hydrogen-bond acceptors (Lipinski definition) is 11. The molecule has 0 aromatic carbocycles. The van der Waals surface area contributed by atoms with Crippen LogP contribution >= 0.6 is 15.6 Å². The van der Waals surface area contributed by atoms with E-state index in [1.807, 2.05) is 36.5 Å². The number of carbonyl (C=O) groups excluding carboxylic acids is 2. The number of ether oxygens (including phenoxy) is 2. The summed E-state index contributed by atoms with van der Waals surface area (Å²) in [5, 5.41) is 19.8. The summed E-state index contributed by atoms with van der Waals surface area (Å²) in [6.07, 6.45) is 40.4. The first kappa shape index (κ1) is 57.3. The largest absolute Gasteiger partial charge is 0.472 e. The second kappa shape index (κ2) is 39.1. The highest BCUT2D eigenvalue weighted by Crippen LogP contribution is 2.43. The fraction of sp³-hybridized carbons (Fsp3) is 0.636. The molecule has 1 unspecified atom stereocenters. The van der Waals surface area contributed by atoms with Crippen LogP contribution in [0.15, 0.2) is 85.1 Å². The van der Waals surface area contributed by atoms with Crippen LogP contribution in [0.25, 0.3) is 0 Å². The first-order chi connectivity index (χ1) is 28.8. The molecular weight excluding hydrogens is 814 g/mol. The van der Waals surface area contributed by atoms with Crippen molar-refractivity contribution in [2.45, 2.75) is 154 Å². The second-order valence-corrected chi connectivity index (χ2v) is 16.8. The van der Waals surface area contributed by atoms with Crippen LogP contribution in [0.5, 0.6) is 0 Å². The monoisotopic (exact) mass is 888 g/mol. The average molecular weight is 889 g/mol. The summed E-state index contributed by atoms with van der Waals surface area (Å²) in [6.45, 7) is 1.48. The van der Waals surface area contributed by atoms with Gasteiger partial charge >= 0.3 is 27.6 Å². The molecule has 0 aromatic rings. The number of esters is 2. The highest BCUT2D eigenvalue weighted by molar-refractivity contribution is 7.47. The van der Waals surface area contributed by atoms with Gasteiger partial charge in [0.1, 0.15) is 12.7 Å². The smallest absolute Gasteiger partial charge is 0.462 e. The van der Waals surface area contributed by atoms with Crippen molar-refractivity contribution in [2.24, 2.45) is 0 Å². The van der Waals surface area contributed by atoms with Crippen LogP contribution in [0.4, 0.5) is 0 Å². The van der Waals surface area contributed by atoms with Crippen molar-refractivity contribution in [3.8, 4) is 0 Å². The number of carbonyl (C=O) groups is 2. The van der Waals surface area contributed by atoms with Gasteiger partial charge in [-0.05, 0) is 83.5 Å². The van der Waals surface area contributed by atoms with Gasteiger partial charge in [0.15, 0.2) is 6.10 Å². The zero-order valence-corrected chi connectivity index (χ0v) is 37.7. The summed E-state index contributed by atoms with van der Waals surface area (Å²) in [5.74, 6) is -1.19. The van der Waals surface area contributed by atoms with Gasteiger partial charge in [-0.15, -0.1) is 0 Å². The first-order valence-corrected chi connectivity index (χ1v) is 24.4. The number of allylic oxidation sites excluding steroid dienone is 12. The van der Waals surface area contributed by atoms with Crippen molar-refractivity contribution in [1.82, 2.24) is 0 Å². The molecule has 0 fully saturated rings. The maximum atomic E-state index is 12.6. The average Bonchev–Trinajstić information content (AvgIpc) is 3.20. The van der Waals surface area contributed by atoms with E-state index < -0.39 is 72.3 Å². The van der Waals surface area contributed by atoms with Crippen LogP contribution in [0.3, 0.4) is 0 Å². The molecule has 0 saturated carbocycles. The third-order valence-corrected chi connectivity index (χ3v) is 9.76. The number of hydrogen-bond donors (Lipinski definition) is 5. The molecule has 0 bridgehead atoms. The van der Waals surface area contributed by atoms with Crippen molar-refractivity contribution in [3.63, 3.8) is 0 Å². The highest BCUT2D eigenvalue weighted by Gasteiger charge is 2.28. The van der Waals surface area contributed by atoms with E-state index in [1.165, 1.54) is 38.5 Å². The van der Waals surface area contributed by atoms with Gasteiger partial charge in [0, 0.05) is 12.8 Å². The highest BCUT2D eigenvalue weighted by atomic mass is 31.2. The molecule has 0 heterocycles. The van der Waals surface area contributed by atoms with Gasteiger partial charge in [0.05, 0.1) is 25.9 Å². The zero-order chi connectivity index (χ0) is 44.6. The maximum absolute atomic E-state index is 12.6. The quantitative estimate of drug-likeness (QED) is 0.0128.